The molecule has 62 valence electrons. The fourth-order valence-electron chi connectivity index (χ4n) is 0.698. The van der Waals surface area contributed by atoms with Gasteiger partial charge in [0.05, 0.1) is 19.3 Å². The van der Waals surface area contributed by atoms with Crippen LogP contribution in [-0.2, 0) is 11.4 Å². The van der Waals surface area contributed by atoms with E-state index in [0.29, 0.717) is 19.0 Å². The van der Waals surface area contributed by atoms with Crippen LogP contribution in [0.3, 0.4) is 0 Å². The van der Waals surface area contributed by atoms with Crippen molar-refractivity contribution in [3.63, 3.8) is 0 Å². The van der Waals surface area contributed by atoms with Crippen LogP contribution in [0.1, 0.15) is 18.6 Å². The number of nitrogens with zero attached hydrogens (tertiary/aromatic N) is 1. The molecule has 0 spiro atoms. The normalized spacial score (nSPS) is 10.4. The Kier molecular flexibility index (Phi) is 3.07. The summed E-state index contributed by atoms with van der Waals surface area (Å²) in [5, 5.41) is 0. The number of aryl methyl sites for hydroxylation is 1. The van der Waals surface area contributed by atoms with Crippen molar-refractivity contribution in [2.45, 2.75) is 20.4 Å². The van der Waals surface area contributed by atoms with Gasteiger partial charge in [0.1, 0.15) is 5.76 Å². The predicted octanol–water partition coefficient (Wildman–Crippen LogP) is 1.02. The Labute approximate surface area is 65.5 Å². The molecule has 0 bridgehead atoms. The molecule has 1 rings (SSSR count). The monoisotopic (exact) mass is 156 g/mol. The van der Waals surface area contributed by atoms with Crippen LogP contribution in [0.15, 0.2) is 10.6 Å². The second-order valence-corrected chi connectivity index (χ2v) is 2.12. The molecule has 0 aliphatic heterocycles. The Hall–Kier alpha value is -0.870. The van der Waals surface area contributed by atoms with Crippen molar-refractivity contribution < 1.29 is 9.25 Å². The average molecular weight is 156 g/mol. The molecule has 0 unspecified atom stereocenters. The van der Waals surface area contributed by atoms with E-state index in [9.17, 15) is 0 Å². The third-order valence-electron chi connectivity index (χ3n) is 1.14. The summed E-state index contributed by atoms with van der Waals surface area (Å²) in [4.78, 5) is 8.88. The molecule has 0 aliphatic rings. The van der Waals surface area contributed by atoms with Crippen LogP contribution in [0, 0.1) is 6.92 Å². The maximum Gasteiger partial charge on any atom is 0.210 e. The van der Waals surface area contributed by atoms with E-state index in [1.807, 2.05) is 13.8 Å². The minimum absolute atomic E-state index is 0.516. The van der Waals surface area contributed by atoms with Crippen molar-refractivity contribution in [2.24, 2.45) is 0 Å². The zero-order valence-corrected chi connectivity index (χ0v) is 6.76. The van der Waals surface area contributed by atoms with Crippen molar-refractivity contribution in [1.82, 2.24) is 10.5 Å². The van der Waals surface area contributed by atoms with Crippen LogP contribution in [0.4, 0.5) is 0 Å². The molecule has 1 aromatic rings. The largest absolute Gasteiger partial charge is 0.445 e. The number of nitrogens with one attached hydrogen (secondary N) is 1. The van der Waals surface area contributed by atoms with E-state index < -0.39 is 0 Å². The number of hydroxylamine groups is 1. The van der Waals surface area contributed by atoms with Crippen molar-refractivity contribution in [1.29, 1.82) is 0 Å². The Morgan fingerprint density at radius 2 is 2.55 bits per heavy atom. The van der Waals surface area contributed by atoms with E-state index in [2.05, 4.69) is 10.5 Å². The first-order valence-corrected chi connectivity index (χ1v) is 3.59. The topological polar surface area (TPSA) is 47.3 Å². The van der Waals surface area contributed by atoms with Crippen molar-refractivity contribution in [2.75, 3.05) is 6.61 Å². The first-order chi connectivity index (χ1) is 5.33. The summed E-state index contributed by atoms with van der Waals surface area (Å²) < 4.78 is 5.18. The van der Waals surface area contributed by atoms with E-state index in [1.54, 1.807) is 6.20 Å². The van der Waals surface area contributed by atoms with Gasteiger partial charge in [0.2, 0.25) is 5.89 Å². The van der Waals surface area contributed by atoms with Gasteiger partial charge < -0.3 is 9.25 Å². The van der Waals surface area contributed by atoms with Crippen LogP contribution in [-0.4, -0.2) is 11.6 Å². The summed E-state index contributed by atoms with van der Waals surface area (Å²) in [5.41, 5.74) is 2.71. The number of aromatic nitrogens is 1. The Morgan fingerprint density at radius 1 is 1.73 bits per heavy atom. The maximum absolute atomic E-state index is 5.18. The van der Waals surface area contributed by atoms with E-state index in [0.717, 1.165) is 5.76 Å². The molecule has 0 aliphatic carbocycles. The average Bonchev–Trinajstić information content (AvgIpc) is 2.37. The second-order valence-electron chi connectivity index (χ2n) is 2.12. The van der Waals surface area contributed by atoms with Crippen LogP contribution >= 0.6 is 0 Å². The highest BCUT2D eigenvalue weighted by atomic mass is 16.6. The lowest BCUT2D eigenvalue weighted by molar-refractivity contribution is 0.0414. The lowest BCUT2D eigenvalue weighted by Crippen LogP contribution is -2.13. The molecular formula is C7H12N2O2. The lowest BCUT2D eigenvalue weighted by Gasteiger charge is -1.98. The van der Waals surface area contributed by atoms with Crippen molar-refractivity contribution in [3.05, 3.63) is 17.8 Å². The fraction of sp³-hybridized carbons (Fsp3) is 0.571. The third kappa shape index (κ3) is 2.69. The quantitative estimate of drug-likeness (QED) is 0.522. The van der Waals surface area contributed by atoms with Gasteiger partial charge in [0.15, 0.2) is 0 Å². The van der Waals surface area contributed by atoms with Crippen LogP contribution < -0.4 is 5.48 Å². The zero-order valence-electron chi connectivity index (χ0n) is 6.76. The van der Waals surface area contributed by atoms with Gasteiger partial charge in [-0.05, 0) is 13.8 Å². The van der Waals surface area contributed by atoms with E-state index in [4.69, 9.17) is 9.25 Å². The van der Waals surface area contributed by atoms with Gasteiger partial charge in [-0.25, -0.2) is 4.98 Å². The number of hydrogen-bond donors (Lipinski definition) is 1. The summed E-state index contributed by atoms with van der Waals surface area (Å²) in [6, 6.07) is 0. The number of oxazole rings is 1. The standard InChI is InChI=1S/C7H12N2O2/c1-3-10-9-5-7-8-4-6(2)11-7/h4,9H,3,5H2,1-2H3. The van der Waals surface area contributed by atoms with Gasteiger partial charge in [-0.1, -0.05) is 0 Å². The van der Waals surface area contributed by atoms with Gasteiger partial charge in [-0.3, -0.25) is 0 Å². The van der Waals surface area contributed by atoms with E-state index in [-0.39, 0.29) is 0 Å². The molecule has 0 aromatic carbocycles. The van der Waals surface area contributed by atoms with Gasteiger partial charge in [-0.2, -0.15) is 5.48 Å². The molecule has 0 atom stereocenters. The number of rotatable bonds is 4. The molecule has 1 N–H and O–H groups in total. The minimum Gasteiger partial charge on any atom is -0.445 e. The third-order valence-corrected chi connectivity index (χ3v) is 1.14. The lowest BCUT2D eigenvalue weighted by atomic mass is 10.6. The smallest absolute Gasteiger partial charge is 0.210 e. The SMILES string of the molecule is CCONCc1ncc(C)o1. The Bertz CT molecular complexity index is 210. The van der Waals surface area contributed by atoms with Crippen molar-refractivity contribution in [3.8, 4) is 0 Å². The maximum atomic E-state index is 5.18. The molecule has 0 fully saturated rings. The summed E-state index contributed by atoms with van der Waals surface area (Å²) in [5.74, 6) is 1.47. The Balaban J connectivity index is 2.27. The minimum atomic E-state index is 0.516. The summed E-state index contributed by atoms with van der Waals surface area (Å²) in [6.45, 7) is 4.92. The van der Waals surface area contributed by atoms with Gasteiger partial charge in [0.25, 0.3) is 0 Å². The molecular weight excluding hydrogens is 144 g/mol. The van der Waals surface area contributed by atoms with Crippen molar-refractivity contribution >= 4 is 0 Å². The molecule has 0 radical (unpaired) electrons. The first kappa shape index (κ1) is 8.23. The zero-order chi connectivity index (χ0) is 8.10. The molecule has 1 aromatic heterocycles. The molecule has 4 nitrogen and oxygen atoms in total. The second kappa shape index (κ2) is 4.10. The fourth-order valence-corrected chi connectivity index (χ4v) is 0.698. The highest BCUT2D eigenvalue weighted by Gasteiger charge is 1.97. The van der Waals surface area contributed by atoms with Gasteiger partial charge in [0, 0.05) is 0 Å². The molecule has 11 heavy (non-hydrogen) atoms. The van der Waals surface area contributed by atoms with E-state index >= 15 is 0 Å². The predicted molar refractivity (Wildman–Crippen MR) is 39.7 cm³/mol. The molecule has 4 heteroatoms. The summed E-state index contributed by atoms with van der Waals surface area (Å²) >= 11 is 0. The Morgan fingerprint density at radius 3 is 3.09 bits per heavy atom. The summed E-state index contributed by atoms with van der Waals surface area (Å²) in [7, 11) is 0. The van der Waals surface area contributed by atoms with E-state index in [1.165, 1.54) is 0 Å². The highest BCUT2D eigenvalue weighted by Crippen LogP contribution is 1.99. The highest BCUT2D eigenvalue weighted by molar-refractivity contribution is 4.89. The summed E-state index contributed by atoms with van der Waals surface area (Å²) in [6.07, 6.45) is 1.68. The van der Waals surface area contributed by atoms with Gasteiger partial charge >= 0.3 is 0 Å². The first-order valence-electron chi connectivity index (χ1n) is 3.59. The molecule has 0 saturated carbocycles. The van der Waals surface area contributed by atoms with Gasteiger partial charge in [-0.15, -0.1) is 0 Å². The molecule has 1 heterocycles. The van der Waals surface area contributed by atoms with Crippen LogP contribution in [0.2, 0.25) is 0 Å². The van der Waals surface area contributed by atoms with Crippen LogP contribution in [0.25, 0.3) is 0 Å². The van der Waals surface area contributed by atoms with Crippen LogP contribution in [0.5, 0.6) is 0 Å². The molecule has 0 amide bonds. The molecule has 0 saturated heterocycles. The number of hydrogen-bond acceptors (Lipinski definition) is 4.